The van der Waals surface area contributed by atoms with E-state index in [2.05, 4.69) is 5.32 Å². The molecule has 0 aliphatic heterocycles. The normalized spacial score (nSPS) is 13.0. The zero-order chi connectivity index (χ0) is 18.2. The minimum Gasteiger partial charge on any atom is -0.481 e. The highest BCUT2D eigenvalue weighted by Crippen LogP contribution is 2.20. The Morgan fingerprint density at radius 1 is 1.12 bits per heavy atom. The maximum atomic E-state index is 12.3. The van der Waals surface area contributed by atoms with Gasteiger partial charge in [-0.3, -0.25) is 9.59 Å². The van der Waals surface area contributed by atoms with Crippen LogP contribution in [-0.4, -0.2) is 23.1 Å². The lowest BCUT2D eigenvalue weighted by atomic mass is 10.0. The number of rotatable bonds is 8. The van der Waals surface area contributed by atoms with Crippen molar-refractivity contribution in [1.82, 2.24) is 5.32 Å². The molecule has 25 heavy (non-hydrogen) atoms. The van der Waals surface area contributed by atoms with Gasteiger partial charge in [0, 0.05) is 5.02 Å². The average molecular weight is 362 g/mol. The highest BCUT2D eigenvalue weighted by Gasteiger charge is 2.21. The van der Waals surface area contributed by atoms with Crippen molar-refractivity contribution >= 4 is 23.5 Å². The molecular formula is C19H20ClNO4. The molecule has 0 spiro atoms. The van der Waals surface area contributed by atoms with Gasteiger partial charge >= 0.3 is 5.97 Å². The first-order chi connectivity index (χ1) is 12.0. The molecule has 0 aliphatic carbocycles. The molecule has 6 heteroatoms. The third-order valence-electron chi connectivity index (χ3n) is 3.68. The van der Waals surface area contributed by atoms with E-state index in [9.17, 15) is 9.59 Å². The molecule has 2 rings (SSSR count). The van der Waals surface area contributed by atoms with Crippen molar-refractivity contribution in [2.75, 3.05) is 0 Å². The lowest BCUT2D eigenvalue weighted by Gasteiger charge is -2.20. The minimum atomic E-state index is -1.00. The quantitative estimate of drug-likeness (QED) is 0.753. The smallest absolute Gasteiger partial charge is 0.305 e. The fourth-order valence-electron chi connectivity index (χ4n) is 2.28. The number of ether oxygens (including phenoxy) is 1. The van der Waals surface area contributed by atoms with Crippen LogP contribution in [0.4, 0.5) is 0 Å². The number of nitrogens with one attached hydrogen (secondary N) is 1. The molecule has 0 saturated heterocycles. The summed E-state index contributed by atoms with van der Waals surface area (Å²) in [4.78, 5) is 23.4. The molecule has 1 amide bonds. The van der Waals surface area contributed by atoms with Crippen molar-refractivity contribution < 1.29 is 19.4 Å². The molecule has 5 nitrogen and oxygen atoms in total. The molecule has 2 N–H and O–H groups in total. The van der Waals surface area contributed by atoms with Crippen LogP contribution in [0.3, 0.4) is 0 Å². The van der Waals surface area contributed by atoms with Crippen LogP contribution in [0, 0.1) is 0 Å². The highest BCUT2D eigenvalue weighted by molar-refractivity contribution is 6.30. The second-order valence-electron chi connectivity index (χ2n) is 5.65. The van der Waals surface area contributed by atoms with Crippen LogP contribution < -0.4 is 5.32 Å². The number of carbonyl (C=O) groups is 2. The summed E-state index contributed by atoms with van der Waals surface area (Å²) in [5.74, 6) is -1.37. The van der Waals surface area contributed by atoms with E-state index in [0.29, 0.717) is 17.2 Å². The summed E-state index contributed by atoms with van der Waals surface area (Å²) in [6.45, 7) is 1.94. The maximum Gasteiger partial charge on any atom is 0.305 e. The number of aliphatic carboxylic acids is 1. The van der Waals surface area contributed by atoms with Gasteiger partial charge < -0.3 is 15.2 Å². The lowest BCUT2D eigenvalue weighted by molar-refractivity contribution is -0.138. The average Bonchev–Trinajstić information content (AvgIpc) is 2.60. The minimum absolute atomic E-state index is 0.223. The third-order valence-corrected chi connectivity index (χ3v) is 3.93. The number of hydrogen-bond acceptors (Lipinski definition) is 3. The number of halogens is 1. The lowest BCUT2D eigenvalue weighted by Crippen LogP contribution is -2.37. The molecule has 0 aromatic heterocycles. The molecular weight excluding hydrogens is 342 g/mol. The van der Waals surface area contributed by atoms with Gasteiger partial charge in [0.1, 0.15) is 6.10 Å². The molecule has 2 aromatic rings. The standard InChI is InChI=1S/C19H20ClNO4/c1-13(25-12-14-5-3-2-4-6-14)19(24)21-17(11-18(22)23)15-7-9-16(20)10-8-15/h2-10,13,17H,11-12H2,1H3,(H,21,24)(H,22,23)/t13?,17-/m0/s1. The van der Waals surface area contributed by atoms with Crippen LogP contribution in [0.2, 0.25) is 5.02 Å². The number of carbonyl (C=O) groups excluding carboxylic acids is 1. The van der Waals surface area contributed by atoms with Crippen molar-refractivity contribution in [1.29, 1.82) is 0 Å². The van der Waals surface area contributed by atoms with Crippen molar-refractivity contribution in [3.05, 3.63) is 70.7 Å². The van der Waals surface area contributed by atoms with Gasteiger partial charge in [0.2, 0.25) is 5.91 Å². The molecule has 1 unspecified atom stereocenters. The molecule has 0 fully saturated rings. The molecule has 0 saturated carbocycles. The van der Waals surface area contributed by atoms with E-state index in [1.807, 2.05) is 30.3 Å². The van der Waals surface area contributed by atoms with E-state index in [-0.39, 0.29) is 12.3 Å². The van der Waals surface area contributed by atoms with Crippen LogP contribution in [0.1, 0.15) is 30.5 Å². The van der Waals surface area contributed by atoms with E-state index >= 15 is 0 Å². The van der Waals surface area contributed by atoms with Gasteiger partial charge in [-0.2, -0.15) is 0 Å². The number of carboxylic acids is 1. The third kappa shape index (κ3) is 6.21. The van der Waals surface area contributed by atoms with Crippen molar-refractivity contribution in [3.63, 3.8) is 0 Å². The largest absolute Gasteiger partial charge is 0.481 e. The fourth-order valence-corrected chi connectivity index (χ4v) is 2.41. The number of hydrogen-bond donors (Lipinski definition) is 2. The van der Waals surface area contributed by atoms with Crippen LogP contribution in [-0.2, 0) is 20.9 Å². The SMILES string of the molecule is CC(OCc1ccccc1)C(=O)N[C@@H](CC(=O)O)c1ccc(Cl)cc1. The fraction of sp³-hybridized carbons (Fsp3) is 0.263. The molecule has 2 atom stereocenters. The summed E-state index contributed by atoms with van der Waals surface area (Å²) in [6.07, 6.45) is -0.928. The Hall–Kier alpha value is -2.37. The molecule has 2 aromatic carbocycles. The Morgan fingerprint density at radius 2 is 1.76 bits per heavy atom. The Balaban J connectivity index is 1.98. The van der Waals surface area contributed by atoms with Gasteiger partial charge in [-0.15, -0.1) is 0 Å². The van der Waals surface area contributed by atoms with Gasteiger partial charge in [0.05, 0.1) is 19.1 Å². The van der Waals surface area contributed by atoms with E-state index in [1.54, 1.807) is 31.2 Å². The zero-order valence-electron chi connectivity index (χ0n) is 13.8. The Morgan fingerprint density at radius 3 is 2.36 bits per heavy atom. The number of amides is 1. The number of benzene rings is 2. The summed E-state index contributed by atoms with van der Waals surface area (Å²) in [5, 5.41) is 12.4. The highest BCUT2D eigenvalue weighted by atomic mass is 35.5. The van der Waals surface area contributed by atoms with Gasteiger partial charge in [-0.25, -0.2) is 0 Å². The molecule has 0 aliphatic rings. The number of carboxylic acid groups (broad SMARTS) is 1. The second-order valence-corrected chi connectivity index (χ2v) is 6.09. The summed E-state index contributed by atoms with van der Waals surface area (Å²) < 4.78 is 5.57. The predicted octanol–water partition coefficient (Wildman–Crippen LogP) is 3.58. The molecule has 0 heterocycles. The summed E-state index contributed by atoms with van der Waals surface area (Å²) in [6, 6.07) is 15.6. The summed E-state index contributed by atoms with van der Waals surface area (Å²) >= 11 is 5.85. The van der Waals surface area contributed by atoms with E-state index in [1.165, 1.54) is 0 Å². The van der Waals surface area contributed by atoms with E-state index < -0.39 is 18.1 Å². The predicted molar refractivity (Wildman–Crippen MR) is 95.3 cm³/mol. The van der Waals surface area contributed by atoms with Crippen molar-refractivity contribution in [3.8, 4) is 0 Å². The van der Waals surface area contributed by atoms with Crippen LogP contribution >= 0.6 is 11.6 Å². The summed E-state index contributed by atoms with van der Waals surface area (Å²) in [5.41, 5.74) is 1.64. The maximum absolute atomic E-state index is 12.3. The van der Waals surface area contributed by atoms with Gasteiger partial charge in [-0.1, -0.05) is 54.1 Å². The van der Waals surface area contributed by atoms with E-state index in [0.717, 1.165) is 5.56 Å². The molecule has 0 radical (unpaired) electrons. The Labute approximate surface area is 151 Å². The molecule has 0 bridgehead atoms. The Kier molecular flexibility index (Phi) is 6.98. The van der Waals surface area contributed by atoms with Crippen molar-refractivity contribution in [2.24, 2.45) is 0 Å². The first-order valence-electron chi connectivity index (χ1n) is 7.89. The topological polar surface area (TPSA) is 75.6 Å². The first kappa shape index (κ1) is 19.0. The monoisotopic (exact) mass is 361 g/mol. The van der Waals surface area contributed by atoms with Gasteiger partial charge in [-0.05, 0) is 30.2 Å². The van der Waals surface area contributed by atoms with Gasteiger partial charge in [0.15, 0.2) is 0 Å². The van der Waals surface area contributed by atoms with Crippen LogP contribution in [0.25, 0.3) is 0 Å². The van der Waals surface area contributed by atoms with Crippen LogP contribution in [0.15, 0.2) is 54.6 Å². The summed E-state index contributed by atoms with van der Waals surface area (Å²) in [7, 11) is 0. The van der Waals surface area contributed by atoms with Crippen molar-refractivity contribution in [2.45, 2.75) is 32.1 Å². The molecule has 132 valence electrons. The first-order valence-corrected chi connectivity index (χ1v) is 8.26. The second kappa shape index (κ2) is 9.20. The zero-order valence-corrected chi connectivity index (χ0v) is 14.6. The van der Waals surface area contributed by atoms with E-state index in [4.69, 9.17) is 21.4 Å². The van der Waals surface area contributed by atoms with Gasteiger partial charge in [0.25, 0.3) is 0 Å². The van der Waals surface area contributed by atoms with Crippen LogP contribution in [0.5, 0.6) is 0 Å². The Bertz CT molecular complexity index is 703.